The van der Waals surface area contributed by atoms with Gasteiger partial charge in [-0.3, -0.25) is 19.2 Å². The van der Waals surface area contributed by atoms with Crippen molar-refractivity contribution in [2.75, 3.05) is 0 Å². The molecule has 0 spiro atoms. The molecule has 8 bridgehead atoms. The first-order valence-electron chi connectivity index (χ1n) is 29.4. The molecule has 4 aromatic rings. The second-order valence-electron chi connectivity index (χ2n) is 18.8. The van der Waals surface area contributed by atoms with Crippen molar-refractivity contribution in [3.8, 4) is 5.75 Å². The normalized spacial score (nSPS) is 26.5. The number of fused-ring (bicyclic) bond motifs is 13. The number of rotatable bonds is 5. The van der Waals surface area contributed by atoms with Crippen molar-refractivity contribution in [3.63, 3.8) is 0 Å². The summed E-state index contributed by atoms with van der Waals surface area (Å²) in [4.78, 5) is 43.7. The summed E-state index contributed by atoms with van der Waals surface area (Å²) in [6, 6.07) is 32.4. The van der Waals surface area contributed by atoms with Gasteiger partial charge in [-0.25, -0.2) is 0 Å². The van der Waals surface area contributed by atoms with Gasteiger partial charge < -0.3 is 37.4 Å². The van der Waals surface area contributed by atoms with E-state index in [0.29, 0.717) is 29.3 Å². The largest absolute Gasteiger partial charge is 2.00 e. The summed E-state index contributed by atoms with van der Waals surface area (Å²) in [5.74, 6) is 3.27. The van der Waals surface area contributed by atoms with E-state index in [1.54, 1.807) is 0 Å². The second kappa shape index (κ2) is 40.6. The molecule has 7 saturated carbocycles. The van der Waals surface area contributed by atoms with Crippen LogP contribution in [0.1, 0.15) is 222 Å². The molecule has 4 aromatic carbocycles. The summed E-state index contributed by atoms with van der Waals surface area (Å²) in [5, 5.41) is 41.1. The number of benzene rings is 4. The second-order valence-corrected chi connectivity index (χ2v) is 18.8. The molecule has 0 radical (unpaired) electrons. The number of Topliss-reactive ketones (excluding diaryl/α,β-unsaturated/α-hetero) is 2. The Morgan fingerprint density at radius 1 is 0.566 bits per heavy atom. The monoisotopic (exact) mass is 1120 g/mol. The summed E-state index contributed by atoms with van der Waals surface area (Å²) < 4.78 is 0. The third kappa shape index (κ3) is 19.7. The van der Waals surface area contributed by atoms with Crippen LogP contribution in [0.25, 0.3) is 10.8 Å². The molecule has 12 rings (SSSR count). The van der Waals surface area contributed by atoms with Gasteiger partial charge in [0.05, 0.1) is 18.4 Å². The van der Waals surface area contributed by atoms with Gasteiger partial charge in [-0.15, -0.1) is 0 Å². The van der Waals surface area contributed by atoms with E-state index in [0.717, 1.165) is 73.6 Å². The Kier molecular flexibility index (Phi) is 39.8. The molecule has 7 fully saturated rings. The van der Waals surface area contributed by atoms with Crippen LogP contribution >= 0.6 is 0 Å². The van der Waals surface area contributed by atoms with Crippen molar-refractivity contribution in [2.45, 2.75) is 211 Å². The number of carbonyl (C=O) groups is 4. The van der Waals surface area contributed by atoms with Gasteiger partial charge >= 0.3 is 35.0 Å². The number of halogens is 1. The maximum Gasteiger partial charge on any atom is 2.00 e. The minimum Gasteiger partial charge on any atom is -1.00 e. The van der Waals surface area contributed by atoms with Crippen LogP contribution in [0.5, 0.6) is 5.75 Å². The predicted octanol–water partition coefficient (Wildman–Crippen LogP) is 14.1. The van der Waals surface area contributed by atoms with Gasteiger partial charge in [0.15, 0.2) is 0 Å². The fourth-order valence-corrected chi connectivity index (χ4v) is 12.8. The minimum atomic E-state index is -0.928. The van der Waals surface area contributed by atoms with Crippen LogP contribution < -0.4 is 17.0 Å². The van der Waals surface area contributed by atoms with Crippen LogP contribution in [0.4, 0.5) is 0 Å². The van der Waals surface area contributed by atoms with E-state index in [1.807, 2.05) is 176 Å². The van der Waals surface area contributed by atoms with Gasteiger partial charge in [0.25, 0.3) is 0 Å². The van der Waals surface area contributed by atoms with E-state index < -0.39 is 17.5 Å². The Bertz CT molecular complexity index is 2160. The number of hydrogen-bond donors (Lipinski definition) is 4. The summed E-state index contributed by atoms with van der Waals surface area (Å²) in [6.07, 6.45) is 14.8. The van der Waals surface area contributed by atoms with Gasteiger partial charge in [-0.05, 0) is 141 Å². The molecule has 422 valence electrons. The molecule has 11 unspecified atom stereocenters. The first-order valence-corrected chi connectivity index (χ1v) is 29.4. The van der Waals surface area contributed by atoms with Crippen molar-refractivity contribution in [2.24, 2.45) is 47.3 Å². The van der Waals surface area contributed by atoms with E-state index in [4.69, 9.17) is 10.2 Å². The number of carbonyl (C=O) groups excluding carboxylic acids is 2. The van der Waals surface area contributed by atoms with Gasteiger partial charge in [0, 0.05) is 35.5 Å². The van der Waals surface area contributed by atoms with Crippen molar-refractivity contribution in [1.29, 1.82) is 0 Å². The fraction of sp³-hybridized carbons (Fsp3) is 0.606. The Balaban J connectivity index is 0. The average molecular weight is 1130 g/mol. The van der Waals surface area contributed by atoms with E-state index in [9.17, 15) is 29.4 Å². The van der Waals surface area contributed by atoms with Crippen molar-refractivity contribution in [1.82, 2.24) is 0 Å². The molecule has 4 N–H and O–H groups in total. The van der Waals surface area contributed by atoms with E-state index in [1.165, 1.54) is 55.0 Å². The number of ketones is 2. The van der Waals surface area contributed by atoms with Crippen molar-refractivity contribution < 1.29 is 56.6 Å². The Labute approximate surface area is 488 Å². The zero-order chi connectivity index (χ0) is 56.0. The van der Waals surface area contributed by atoms with Crippen molar-refractivity contribution in [3.05, 3.63) is 114 Å². The summed E-state index contributed by atoms with van der Waals surface area (Å²) in [6.45, 7) is 28.0. The van der Waals surface area contributed by atoms with E-state index in [-0.39, 0.29) is 82.3 Å². The predicted molar refractivity (Wildman–Crippen MR) is 314 cm³/mol. The number of aliphatic carboxylic acids is 2. The van der Waals surface area contributed by atoms with Gasteiger partial charge in [-0.1, -0.05) is 152 Å². The molecular weight excluding hydrogens is 1020 g/mol. The molecule has 0 saturated heterocycles. The Hall–Kier alpha value is -3.57. The molecule has 8 nitrogen and oxygen atoms in total. The molecule has 11 atom stereocenters. The summed E-state index contributed by atoms with van der Waals surface area (Å²) in [5.41, 5.74) is 2.92. The number of phenols is 1. The van der Waals surface area contributed by atoms with Gasteiger partial charge in [-0.2, -0.15) is 36.4 Å². The topological polar surface area (TPSA) is 149 Å². The molecule has 8 aliphatic carbocycles. The molecule has 0 aromatic heterocycles. The number of carboxylic acid groups (broad SMARTS) is 2. The molecule has 0 amide bonds. The Morgan fingerprint density at radius 2 is 1.08 bits per heavy atom. The average Bonchev–Trinajstić information content (AvgIpc) is 4.36. The van der Waals surface area contributed by atoms with Crippen LogP contribution in [0.3, 0.4) is 0 Å². The van der Waals surface area contributed by atoms with Crippen LogP contribution in [-0.2, 0) is 24.8 Å². The maximum absolute atomic E-state index is 11.4. The van der Waals surface area contributed by atoms with Gasteiger partial charge in [0.1, 0.15) is 17.3 Å². The first kappa shape index (κ1) is 74.5. The SMILES string of the molecule is CC.CC.CC.CC.CC.CC.CC.O=C(O)CC1C(=O)C2CCC1C2.O=C(O)CC1C2CCC(C2)C1(O)c1ccccc1.O=C1CC2CCC1C2.Oc1cc2c(c3ccccc13)C1CCC2C1.[Br-].[Mg+2].[c-]1ccccc1. The molecule has 0 aliphatic heterocycles. The summed E-state index contributed by atoms with van der Waals surface area (Å²) >= 11 is 0. The summed E-state index contributed by atoms with van der Waals surface area (Å²) in [7, 11) is 0. The van der Waals surface area contributed by atoms with E-state index in [2.05, 4.69) is 18.2 Å². The number of aromatic hydroxyl groups is 1. The maximum atomic E-state index is 11.4. The third-order valence-electron chi connectivity index (χ3n) is 15.5. The van der Waals surface area contributed by atoms with E-state index >= 15 is 0 Å². The van der Waals surface area contributed by atoms with Crippen molar-refractivity contribution >= 4 is 57.3 Å². The van der Waals surface area contributed by atoms with Crippen LogP contribution in [0.2, 0.25) is 0 Å². The number of carboxylic acids is 2. The van der Waals surface area contributed by atoms with Crippen LogP contribution in [0, 0.1) is 53.4 Å². The Morgan fingerprint density at radius 3 is 1.54 bits per heavy atom. The standard InChI is InChI=1S/C15H18O3.C15H14O.C9H12O3.C7H10O.C6H5.7C2H6.BrH.Mg/c16-14(17)9-13-10-6-7-12(8-10)15(13,18)11-4-2-1-3-5-11;16-14-8-13-9-5-6-10(7-9)15(13)12-4-2-1-3-11(12)14;10-8(11)4-7-5-1-2-6(3-5)9(7)12;8-7-4-5-1-2-6(7)3-5;1-2-4-6-5-3-1;7*1-2;;/h1-5,10,12-13,18H,6-9H2,(H,16,17);1-4,8-10,16H,5-7H2;5-7H,1-4H2,(H,10,11);5-6H,1-4H2;1-5H;7*1-2H3;1H;/q;;;;-1;;;;;;;;;+2/p-1. The smallest absolute Gasteiger partial charge is 1.00 e. The zero-order valence-corrected chi connectivity index (χ0v) is 52.5. The molecule has 76 heavy (non-hydrogen) atoms. The quantitative estimate of drug-likeness (QED) is 0.114. The third-order valence-corrected chi connectivity index (χ3v) is 15.5. The number of hydrogen-bond acceptors (Lipinski definition) is 6. The number of phenolic OH excluding ortho intramolecular Hbond substituents is 1. The number of aliphatic hydroxyl groups is 1. The fourth-order valence-electron chi connectivity index (χ4n) is 12.8. The molecule has 0 heterocycles. The molecular formula is C66H101BrMgO8. The molecule has 10 heteroatoms. The van der Waals surface area contributed by atoms with Gasteiger partial charge in [0.2, 0.25) is 0 Å². The van der Waals surface area contributed by atoms with Crippen LogP contribution in [0.15, 0.2) is 91.0 Å². The zero-order valence-electron chi connectivity index (χ0n) is 49.5. The first-order chi connectivity index (χ1) is 36.0. The molecule has 8 aliphatic rings. The minimum absolute atomic E-state index is 0. The van der Waals surface area contributed by atoms with Crippen LogP contribution in [-0.4, -0.2) is 67.0 Å².